The molecule has 9 heteroatoms. The number of hydrogen-bond acceptors (Lipinski definition) is 6. The summed E-state index contributed by atoms with van der Waals surface area (Å²) in [5, 5.41) is 0. The van der Waals surface area contributed by atoms with Crippen LogP contribution in [-0.2, 0) is 19.3 Å². The van der Waals surface area contributed by atoms with Crippen molar-refractivity contribution >= 4 is 21.8 Å². The summed E-state index contributed by atoms with van der Waals surface area (Å²) in [6.07, 6.45) is 0. The average Bonchev–Trinajstić information content (AvgIpc) is 2.65. The molecule has 0 radical (unpaired) electrons. The van der Waals surface area contributed by atoms with Crippen LogP contribution in [0.5, 0.6) is 0 Å². The lowest BCUT2D eigenvalue weighted by Crippen LogP contribution is -2.15. The Hall–Kier alpha value is -2.81. The summed E-state index contributed by atoms with van der Waals surface area (Å²) in [6, 6.07) is 12.2. The fraction of sp³-hybridized carbons (Fsp3) is 0.176. The fourth-order valence-electron chi connectivity index (χ4n) is 1.89. The second kappa shape index (κ2) is 8.52. The van der Waals surface area contributed by atoms with Gasteiger partial charge in [0.2, 0.25) is 9.84 Å². The molecule has 2 aromatic rings. The summed E-state index contributed by atoms with van der Waals surface area (Å²) >= 11 is 0. The highest BCUT2D eigenvalue weighted by atomic mass is 32.2. The van der Waals surface area contributed by atoms with E-state index in [2.05, 4.69) is 0 Å². The number of carbonyl (C=O) groups excluding carboxylic acids is 2. The predicted molar refractivity (Wildman–Crippen MR) is 86.6 cm³/mol. The van der Waals surface area contributed by atoms with Gasteiger partial charge in [0.15, 0.2) is 0 Å². The van der Waals surface area contributed by atoms with Crippen molar-refractivity contribution in [3.8, 4) is 0 Å². The number of hydrogen-bond donors (Lipinski definition) is 0. The van der Waals surface area contributed by atoms with Crippen LogP contribution in [0.25, 0.3) is 0 Å². The topological polar surface area (TPSA) is 86.7 Å². The van der Waals surface area contributed by atoms with Gasteiger partial charge in [-0.15, -0.1) is 0 Å². The molecular weight excluding hydrogens is 370 g/mol. The van der Waals surface area contributed by atoms with E-state index >= 15 is 0 Å². The summed E-state index contributed by atoms with van der Waals surface area (Å²) in [5.74, 6) is -4.91. The minimum atomic E-state index is -4.72. The number of esters is 2. The van der Waals surface area contributed by atoms with E-state index in [1.165, 1.54) is 0 Å². The van der Waals surface area contributed by atoms with Crippen LogP contribution in [0, 0.1) is 0 Å². The molecule has 0 bridgehead atoms. The summed E-state index contributed by atoms with van der Waals surface area (Å²) in [5.41, 5.74) is 0.335. The number of alkyl halides is 2. The number of benzene rings is 2. The molecule has 0 aliphatic rings. The lowest BCUT2D eigenvalue weighted by Gasteiger charge is -2.07. The molecule has 0 saturated carbocycles. The minimum absolute atomic E-state index is 0.0207. The van der Waals surface area contributed by atoms with Gasteiger partial charge in [-0.2, -0.15) is 8.78 Å². The Bertz CT molecular complexity index is 864. The van der Waals surface area contributed by atoms with Crippen molar-refractivity contribution in [3.63, 3.8) is 0 Å². The lowest BCUT2D eigenvalue weighted by atomic mass is 10.2. The highest BCUT2D eigenvalue weighted by Gasteiger charge is 2.26. The van der Waals surface area contributed by atoms with Crippen molar-refractivity contribution in [3.05, 3.63) is 65.7 Å². The summed E-state index contributed by atoms with van der Waals surface area (Å²) < 4.78 is 57.2. The van der Waals surface area contributed by atoms with Crippen molar-refractivity contribution in [2.75, 3.05) is 13.2 Å². The van der Waals surface area contributed by atoms with Gasteiger partial charge in [0.05, 0.1) is 16.0 Å². The number of sulfone groups is 1. The smallest absolute Gasteiger partial charge is 0.341 e. The second-order valence-electron chi connectivity index (χ2n) is 4.97. The largest absolute Gasteiger partial charge is 0.458 e. The zero-order valence-corrected chi connectivity index (χ0v) is 14.1. The third-order valence-electron chi connectivity index (χ3n) is 3.21. The number of rotatable bonds is 7. The van der Waals surface area contributed by atoms with Gasteiger partial charge >= 0.3 is 17.7 Å². The molecule has 0 aliphatic heterocycles. The highest BCUT2D eigenvalue weighted by Crippen LogP contribution is 2.18. The molecule has 6 nitrogen and oxygen atoms in total. The predicted octanol–water partition coefficient (Wildman–Crippen LogP) is 2.70. The third kappa shape index (κ3) is 4.85. The van der Waals surface area contributed by atoms with Crippen LogP contribution >= 0.6 is 0 Å². The maximum Gasteiger partial charge on any atom is 0.341 e. The van der Waals surface area contributed by atoms with Crippen molar-refractivity contribution in [2.45, 2.75) is 10.7 Å². The Morgan fingerprint density at radius 3 is 1.73 bits per heavy atom. The molecule has 0 heterocycles. The van der Waals surface area contributed by atoms with Crippen molar-refractivity contribution < 1.29 is 36.3 Å². The molecule has 2 aromatic carbocycles. The third-order valence-corrected chi connectivity index (χ3v) is 4.61. The van der Waals surface area contributed by atoms with Crippen molar-refractivity contribution in [2.24, 2.45) is 0 Å². The molecule has 26 heavy (non-hydrogen) atoms. The van der Waals surface area contributed by atoms with Gasteiger partial charge in [-0.25, -0.2) is 18.0 Å². The van der Waals surface area contributed by atoms with Crippen LogP contribution in [0.3, 0.4) is 0 Å². The standard InChI is InChI=1S/C17H14F2O6S/c18-17(19)26(22,23)14-8-6-13(7-9-14)16(21)25-11-10-24-15(20)12-4-2-1-3-5-12/h1-9,17H,10-11H2. The maximum atomic E-state index is 12.4. The van der Waals surface area contributed by atoms with E-state index in [9.17, 15) is 26.8 Å². The Kier molecular flexibility index (Phi) is 6.40. The zero-order chi connectivity index (χ0) is 19.2. The summed E-state index contributed by atoms with van der Waals surface area (Å²) in [4.78, 5) is 22.9. The molecule has 2 rings (SSSR count). The van der Waals surface area contributed by atoms with Crippen molar-refractivity contribution in [1.29, 1.82) is 0 Å². The van der Waals surface area contributed by atoms with Gasteiger partial charge in [-0.3, -0.25) is 0 Å². The van der Waals surface area contributed by atoms with E-state index < -0.39 is 32.4 Å². The number of carbonyl (C=O) groups is 2. The van der Waals surface area contributed by atoms with Crippen LogP contribution in [-0.4, -0.2) is 39.3 Å². The van der Waals surface area contributed by atoms with Gasteiger partial charge in [0.25, 0.3) is 0 Å². The van der Waals surface area contributed by atoms with Gasteiger partial charge in [0, 0.05) is 0 Å². The molecular formula is C17H14F2O6S. The first-order valence-corrected chi connectivity index (χ1v) is 8.88. The van der Waals surface area contributed by atoms with E-state index in [0.717, 1.165) is 24.3 Å². The SMILES string of the molecule is O=C(OCCOC(=O)c1ccc(S(=O)(=O)C(F)F)cc1)c1ccccc1. The van der Waals surface area contributed by atoms with Gasteiger partial charge in [-0.05, 0) is 36.4 Å². The van der Waals surface area contributed by atoms with Gasteiger partial charge in [0.1, 0.15) is 13.2 Å². The van der Waals surface area contributed by atoms with Gasteiger partial charge in [-0.1, -0.05) is 18.2 Å². The monoisotopic (exact) mass is 384 g/mol. The first-order valence-electron chi connectivity index (χ1n) is 7.34. The molecule has 0 aromatic heterocycles. The number of ether oxygens (including phenoxy) is 2. The average molecular weight is 384 g/mol. The minimum Gasteiger partial charge on any atom is -0.458 e. The summed E-state index contributed by atoms with van der Waals surface area (Å²) in [6.45, 7) is -0.383. The first-order chi connectivity index (χ1) is 12.3. The van der Waals surface area contributed by atoms with Crippen LogP contribution in [0.1, 0.15) is 20.7 Å². The molecule has 0 N–H and O–H groups in total. The molecule has 0 unspecified atom stereocenters. The van der Waals surface area contributed by atoms with Gasteiger partial charge < -0.3 is 9.47 Å². The van der Waals surface area contributed by atoms with Crippen LogP contribution in [0.4, 0.5) is 8.78 Å². The number of halogens is 2. The van der Waals surface area contributed by atoms with Crippen LogP contribution in [0.15, 0.2) is 59.5 Å². The quantitative estimate of drug-likeness (QED) is 0.539. The van der Waals surface area contributed by atoms with Crippen molar-refractivity contribution in [1.82, 2.24) is 0 Å². The van der Waals surface area contributed by atoms with E-state index in [4.69, 9.17) is 9.47 Å². The first kappa shape index (κ1) is 19.5. The van der Waals surface area contributed by atoms with E-state index in [1.54, 1.807) is 30.3 Å². The zero-order valence-electron chi connectivity index (χ0n) is 13.3. The normalized spacial score (nSPS) is 11.2. The second-order valence-corrected chi connectivity index (χ2v) is 6.89. The van der Waals surface area contributed by atoms with E-state index in [1.807, 2.05) is 0 Å². The van der Waals surface area contributed by atoms with E-state index in [-0.39, 0.29) is 18.8 Å². The Morgan fingerprint density at radius 1 is 0.808 bits per heavy atom. The Morgan fingerprint density at radius 2 is 1.27 bits per heavy atom. The molecule has 0 amide bonds. The Labute approximate surface area is 148 Å². The summed E-state index contributed by atoms with van der Waals surface area (Å²) in [7, 11) is -4.72. The fourth-order valence-corrected chi connectivity index (χ4v) is 2.61. The molecule has 138 valence electrons. The van der Waals surface area contributed by atoms with Crippen LogP contribution < -0.4 is 0 Å². The Balaban J connectivity index is 1.84. The highest BCUT2D eigenvalue weighted by molar-refractivity contribution is 7.91. The molecule has 0 spiro atoms. The molecule has 0 atom stereocenters. The molecule has 0 aliphatic carbocycles. The van der Waals surface area contributed by atoms with E-state index in [0.29, 0.717) is 5.56 Å². The lowest BCUT2D eigenvalue weighted by molar-refractivity contribution is 0.0265. The molecule has 0 fully saturated rings. The maximum absolute atomic E-state index is 12.4. The molecule has 0 saturated heterocycles. The van der Waals surface area contributed by atoms with Crippen LogP contribution in [0.2, 0.25) is 0 Å².